The number of thiophene rings is 1. The minimum Gasteiger partial charge on any atom is -0.452 e. The van der Waals surface area contributed by atoms with Crippen molar-refractivity contribution in [2.45, 2.75) is 30.3 Å². The summed E-state index contributed by atoms with van der Waals surface area (Å²) >= 11 is 2.97. The van der Waals surface area contributed by atoms with E-state index in [9.17, 15) is 9.59 Å². The molecule has 0 fully saturated rings. The van der Waals surface area contributed by atoms with Crippen LogP contribution >= 0.6 is 23.1 Å². The minimum absolute atomic E-state index is 0.327. The van der Waals surface area contributed by atoms with Crippen molar-refractivity contribution < 1.29 is 14.3 Å². The molecule has 144 valence electrons. The van der Waals surface area contributed by atoms with Gasteiger partial charge in [0.2, 0.25) is 0 Å². The summed E-state index contributed by atoms with van der Waals surface area (Å²) in [5.74, 6) is -0.901. The molecule has 0 radical (unpaired) electrons. The summed E-state index contributed by atoms with van der Waals surface area (Å²) in [6.07, 6.45) is 1.64. The third-order valence-corrected chi connectivity index (χ3v) is 5.97. The van der Waals surface area contributed by atoms with Crippen LogP contribution in [0.15, 0.2) is 64.0 Å². The number of esters is 1. The normalized spacial score (nSPS) is 10.5. The van der Waals surface area contributed by atoms with E-state index in [-0.39, 0.29) is 12.5 Å². The maximum atomic E-state index is 12.5. The molecular weight excluding hydrogens is 392 g/mol. The second-order valence-corrected chi connectivity index (χ2v) is 8.22. The van der Waals surface area contributed by atoms with Gasteiger partial charge in [0.15, 0.2) is 6.61 Å². The van der Waals surface area contributed by atoms with E-state index in [2.05, 4.69) is 16.4 Å². The highest BCUT2D eigenvalue weighted by Crippen LogP contribution is 2.32. The summed E-state index contributed by atoms with van der Waals surface area (Å²) in [6, 6.07) is 13.3. The summed E-state index contributed by atoms with van der Waals surface area (Å²) in [5.41, 5.74) is 2.59. The number of carbonyl (C=O) groups is 2. The average molecular weight is 413 g/mol. The number of nitrogens with zero attached hydrogens (tertiary/aromatic N) is 1. The number of rotatable bonds is 7. The second kappa shape index (κ2) is 9.52. The average Bonchev–Trinajstić information content (AvgIpc) is 3.21. The monoisotopic (exact) mass is 412 g/mol. The summed E-state index contributed by atoms with van der Waals surface area (Å²) in [4.78, 5) is 30.8. The lowest BCUT2D eigenvalue weighted by Crippen LogP contribution is -2.28. The SMILES string of the molecule is Cc1ccc(C)c(Sc2ncccc2C(=O)OCC(=O)NCc2cccs2)c1. The van der Waals surface area contributed by atoms with E-state index in [1.54, 1.807) is 29.7 Å². The van der Waals surface area contributed by atoms with Crippen molar-refractivity contribution in [3.63, 3.8) is 0 Å². The zero-order chi connectivity index (χ0) is 19.9. The van der Waals surface area contributed by atoms with Crippen LogP contribution in [0, 0.1) is 13.8 Å². The van der Waals surface area contributed by atoms with Crippen molar-refractivity contribution in [1.82, 2.24) is 10.3 Å². The second-order valence-electron chi connectivity index (χ2n) is 6.16. The zero-order valence-electron chi connectivity index (χ0n) is 15.6. The maximum Gasteiger partial charge on any atom is 0.341 e. The van der Waals surface area contributed by atoms with E-state index < -0.39 is 5.97 Å². The first-order valence-corrected chi connectivity index (χ1v) is 10.4. The third-order valence-electron chi connectivity index (χ3n) is 3.92. The largest absolute Gasteiger partial charge is 0.452 e. The van der Waals surface area contributed by atoms with Gasteiger partial charge in [-0.3, -0.25) is 4.79 Å². The molecule has 2 aromatic heterocycles. The molecule has 1 aromatic carbocycles. The fourth-order valence-corrected chi connectivity index (χ4v) is 4.11. The van der Waals surface area contributed by atoms with Gasteiger partial charge < -0.3 is 10.1 Å². The predicted molar refractivity (Wildman–Crippen MR) is 111 cm³/mol. The van der Waals surface area contributed by atoms with Crippen molar-refractivity contribution in [3.05, 3.63) is 75.6 Å². The lowest BCUT2D eigenvalue weighted by atomic mass is 10.2. The Balaban J connectivity index is 1.62. The van der Waals surface area contributed by atoms with Crippen LogP contribution < -0.4 is 5.32 Å². The number of aromatic nitrogens is 1. The van der Waals surface area contributed by atoms with E-state index in [0.717, 1.165) is 20.9 Å². The van der Waals surface area contributed by atoms with Crippen molar-refractivity contribution in [1.29, 1.82) is 0 Å². The molecule has 3 aromatic rings. The number of hydrogen-bond donors (Lipinski definition) is 1. The van der Waals surface area contributed by atoms with Gasteiger partial charge in [0, 0.05) is 16.0 Å². The Hall–Kier alpha value is -2.64. The van der Waals surface area contributed by atoms with E-state index in [4.69, 9.17) is 4.74 Å². The molecule has 0 aliphatic heterocycles. The van der Waals surface area contributed by atoms with Gasteiger partial charge in [0.25, 0.3) is 5.91 Å². The predicted octanol–water partition coefficient (Wildman–Crippen LogP) is 4.38. The quantitative estimate of drug-likeness (QED) is 0.583. The van der Waals surface area contributed by atoms with Gasteiger partial charge in [-0.05, 0) is 54.6 Å². The standard InChI is InChI=1S/C21H20N2O3S2/c1-14-7-8-15(2)18(11-14)28-20-17(6-3-9-22-20)21(25)26-13-19(24)23-12-16-5-4-10-27-16/h3-11H,12-13H2,1-2H3,(H,23,24). The third kappa shape index (κ3) is 5.43. The van der Waals surface area contributed by atoms with Gasteiger partial charge in [-0.15, -0.1) is 11.3 Å². The number of carbonyl (C=O) groups excluding carboxylic acids is 2. The van der Waals surface area contributed by atoms with Crippen LogP contribution in [0.3, 0.4) is 0 Å². The van der Waals surface area contributed by atoms with Gasteiger partial charge in [-0.1, -0.05) is 30.0 Å². The highest BCUT2D eigenvalue weighted by atomic mass is 32.2. The zero-order valence-corrected chi connectivity index (χ0v) is 17.2. The molecule has 7 heteroatoms. The smallest absolute Gasteiger partial charge is 0.341 e. The lowest BCUT2D eigenvalue weighted by Gasteiger charge is -2.10. The molecule has 0 spiro atoms. The molecule has 0 unspecified atom stereocenters. The Morgan fingerprint density at radius 1 is 1.18 bits per heavy atom. The summed E-state index contributed by atoms with van der Waals surface area (Å²) in [5, 5.41) is 5.23. The number of aryl methyl sites for hydroxylation is 2. The van der Waals surface area contributed by atoms with Gasteiger partial charge >= 0.3 is 5.97 Å². The minimum atomic E-state index is -0.563. The fourth-order valence-electron chi connectivity index (χ4n) is 2.41. The Morgan fingerprint density at radius 2 is 2.04 bits per heavy atom. The Labute approximate surface area is 172 Å². The molecule has 0 aliphatic rings. The van der Waals surface area contributed by atoms with Crippen molar-refractivity contribution in [2.24, 2.45) is 0 Å². The van der Waals surface area contributed by atoms with E-state index in [1.165, 1.54) is 11.8 Å². The van der Waals surface area contributed by atoms with E-state index in [0.29, 0.717) is 17.1 Å². The molecule has 3 rings (SSSR count). The lowest BCUT2D eigenvalue weighted by molar-refractivity contribution is -0.124. The van der Waals surface area contributed by atoms with Crippen LogP contribution in [0.2, 0.25) is 0 Å². The molecule has 0 aliphatic carbocycles. The number of benzene rings is 1. The summed E-state index contributed by atoms with van der Waals surface area (Å²) in [7, 11) is 0. The van der Waals surface area contributed by atoms with Crippen molar-refractivity contribution in [3.8, 4) is 0 Å². The van der Waals surface area contributed by atoms with Gasteiger partial charge in [-0.2, -0.15) is 0 Å². The topological polar surface area (TPSA) is 68.3 Å². The molecule has 5 nitrogen and oxygen atoms in total. The highest BCUT2D eigenvalue weighted by molar-refractivity contribution is 7.99. The first-order valence-electron chi connectivity index (χ1n) is 8.69. The first kappa shape index (κ1) is 20.1. The summed E-state index contributed by atoms with van der Waals surface area (Å²) in [6.45, 7) is 4.13. The number of hydrogen-bond acceptors (Lipinski definition) is 6. The molecule has 2 heterocycles. The molecule has 0 saturated heterocycles. The van der Waals surface area contributed by atoms with Crippen molar-refractivity contribution in [2.75, 3.05) is 6.61 Å². The van der Waals surface area contributed by atoms with Crippen LogP contribution in [-0.2, 0) is 16.1 Å². The molecular formula is C21H20N2O3S2. The Bertz CT molecular complexity index is 972. The molecule has 28 heavy (non-hydrogen) atoms. The first-order chi connectivity index (χ1) is 13.5. The molecule has 1 N–H and O–H groups in total. The number of pyridine rings is 1. The number of amides is 1. The van der Waals surface area contributed by atoms with E-state index in [1.807, 2.05) is 43.5 Å². The molecule has 1 amide bonds. The van der Waals surface area contributed by atoms with Crippen LogP contribution in [0.1, 0.15) is 26.4 Å². The van der Waals surface area contributed by atoms with E-state index >= 15 is 0 Å². The number of ether oxygens (including phenoxy) is 1. The molecule has 0 bridgehead atoms. The summed E-state index contributed by atoms with van der Waals surface area (Å²) < 4.78 is 5.19. The van der Waals surface area contributed by atoms with Gasteiger partial charge in [0.1, 0.15) is 5.03 Å². The molecule has 0 saturated carbocycles. The number of nitrogens with one attached hydrogen (secondary N) is 1. The van der Waals surface area contributed by atoms with Crippen LogP contribution in [0.25, 0.3) is 0 Å². The maximum absolute atomic E-state index is 12.5. The van der Waals surface area contributed by atoms with Crippen LogP contribution in [0.4, 0.5) is 0 Å². The van der Waals surface area contributed by atoms with Gasteiger partial charge in [0.05, 0.1) is 12.1 Å². The Morgan fingerprint density at radius 3 is 2.82 bits per heavy atom. The van der Waals surface area contributed by atoms with Crippen LogP contribution in [-0.4, -0.2) is 23.5 Å². The van der Waals surface area contributed by atoms with Crippen molar-refractivity contribution >= 4 is 35.0 Å². The van der Waals surface area contributed by atoms with Crippen LogP contribution in [0.5, 0.6) is 0 Å². The fraction of sp³-hybridized carbons (Fsp3) is 0.190. The Kier molecular flexibility index (Phi) is 6.84. The molecule has 0 atom stereocenters. The van der Waals surface area contributed by atoms with Gasteiger partial charge in [-0.25, -0.2) is 9.78 Å². The highest BCUT2D eigenvalue weighted by Gasteiger charge is 2.17.